The summed E-state index contributed by atoms with van der Waals surface area (Å²) >= 11 is 0. The monoisotopic (exact) mass is 341 g/mol. The van der Waals surface area contributed by atoms with Gasteiger partial charge in [0.05, 0.1) is 0 Å². The minimum atomic E-state index is -0.504. The van der Waals surface area contributed by atoms with Crippen molar-refractivity contribution in [1.29, 1.82) is 0 Å². The van der Waals surface area contributed by atoms with Gasteiger partial charge in [0.25, 0.3) is 11.5 Å². The molecule has 1 aromatic heterocycles. The van der Waals surface area contributed by atoms with E-state index in [0.717, 1.165) is 0 Å². The van der Waals surface area contributed by atoms with Crippen LogP contribution in [0.1, 0.15) is 22.3 Å². The van der Waals surface area contributed by atoms with Crippen LogP contribution in [-0.4, -0.2) is 39.9 Å². The highest BCUT2D eigenvalue weighted by molar-refractivity contribution is 6.00. The van der Waals surface area contributed by atoms with Gasteiger partial charge in [-0.2, -0.15) is 0 Å². The predicted molar refractivity (Wildman–Crippen MR) is 88.1 cm³/mol. The number of fused-ring (bicyclic) bond motifs is 2. The maximum absolute atomic E-state index is 13.1. The summed E-state index contributed by atoms with van der Waals surface area (Å²) < 4.78 is 14.4. The highest BCUT2D eigenvalue weighted by Crippen LogP contribution is 2.26. The van der Waals surface area contributed by atoms with Crippen LogP contribution in [0.5, 0.6) is 0 Å². The van der Waals surface area contributed by atoms with Crippen molar-refractivity contribution in [1.82, 2.24) is 14.8 Å². The highest BCUT2D eigenvalue weighted by atomic mass is 19.1. The van der Waals surface area contributed by atoms with Crippen molar-refractivity contribution in [3.05, 3.63) is 63.8 Å². The smallest absolute Gasteiger partial charge is 0.268 e. The topological polar surface area (TPSA) is 71.4 Å². The fourth-order valence-electron chi connectivity index (χ4n) is 3.55. The van der Waals surface area contributed by atoms with Gasteiger partial charge in [-0.3, -0.25) is 19.0 Å². The van der Waals surface area contributed by atoms with Crippen molar-refractivity contribution in [3.63, 3.8) is 0 Å². The lowest BCUT2D eigenvalue weighted by molar-refractivity contribution is -0.124. The number of nitrogens with one attached hydrogen (secondary N) is 1. The third kappa shape index (κ3) is 2.43. The Bertz CT molecular complexity index is 936. The molecule has 3 heterocycles. The van der Waals surface area contributed by atoms with Gasteiger partial charge in [-0.25, -0.2) is 4.39 Å². The van der Waals surface area contributed by atoms with Gasteiger partial charge in [0.2, 0.25) is 5.91 Å². The largest absolute Gasteiger partial charge is 0.350 e. The molecule has 7 heteroatoms. The molecule has 2 atom stereocenters. The molecule has 2 aromatic rings. The summed E-state index contributed by atoms with van der Waals surface area (Å²) in [4.78, 5) is 39.1. The maximum Gasteiger partial charge on any atom is 0.268 e. The fourth-order valence-corrected chi connectivity index (χ4v) is 3.55. The third-order valence-electron chi connectivity index (χ3n) is 4.83. The van der Waals surface area contributed by atoms with Crippen molar-refractivity contribution in [2.24, 2.45) is 0 Å². The predicted octanol–water partition coefficient (Wildman–Crippen LogP) is 0.998. The zero-order valence-corrected chi connectivity index (χ0v) is 13.5. The lowest BCUT2D eigenvalue weighted by atomic mass is 10.1. The lowest BCUT2D eigenvalue weighted by Gasteiger charge is -2.27. The molecule has 0 saturated carbocycles. The van der Waals surface area contributed by atoms with Gasteiger partial charge in [0.15, 0.2) is 0 Å². The number of carbonyl (C=O) groups is 2. The summed E-state index contributed by atoms with van der Waals surface area (Å²) in [7, 11) is 0. The molecule has 0 unspecified atom stereocenters. The zero-order valence-electron chi connectivity index (χ0n) is 13.5. The molecule has 0 aliphatic carbocycles. The molecule has 0 spiro atoms. The molecule has 25 heavy (non-hydrogen) atoms. The van der Waals surface area contributed by atoms with Gasteiger partial charge in [0, 0.05) is 24.5 Å². The average Bonchev–Trinajstić information content (AvgIpc) is 3.15. The number of halogens is 1. The van der Waals surface area contributed by atoms with Crippen LogP contribution in [-0.2, 0) is 4.79 Å². The molecule has 2 amide bonds. The van der Waals surface area contributed by atoms with Crippen molar-refractivity contribution >= 4 is 11.8 Å². The third-order valence-corrected chi connectivity index (χ3v) is 4.83. The number of carbonyl (C=O) groups excluding carboxylic acids is 2. The van der Waals surface area contributed by atoms with Crippen molar-refractivity contribution in [2.75, 3.05) is 6.54 Å². The first-order valence-corrected chi connectivity index (χ1v) is 8.05. The summed E-state index contributed by atoms with van der Waals surface area (Å²) in [6.07, 6.45) is 2.15. The van der Waals surface area contributed by atoms with Gasteiger partial charge < -0.3 is 10.2 Å². The number of benzene rings is 1. The fraction of sp³-hybridized carbons (Fsp3) is 0.278. The van der Waals surface area contributed by atoms with E-state index in [1.165, 1.54) is 33.7 Å². The number of aryl methyl sites for hydroxylation is 1. The van der Waals surface area contributed by atoms with Crippen LogP contribution in [0.4, 0.5) is 4.39 Å². The molecule has 2 fully saturated rings. The van der Waals surface area contributed by atoms with Crippen LogP contribution in [0.2, 0.25) is 0 Å². The Hall–Kier alpha value is -2.96. The molecule has 2 aliphatic rings. The summed E-state index contributed by atoms with van der Waals surface area (Å²) in [6.45, 7) is 2.11. The van der Waals surface area contributed by atoms with E-state index in [1.807, 2.05) is 0 Å². The summed E-state index contributed by atoms with van der Waals surface area (Å²) in [6, 6.07) is 6.60. The van der Waals surface area contributed by atoms with E-state index >= 15 is 0 Å². The van der Waals surface area contributed by atoms with Crippen LogP contribution in [0.25, 0.3) is 5.69 Å². The Morgan fingerprint density at radius 1 is 1.20 bits per heavy atom. The van der Waals surface area contributed by atoms with E-state index < -0.39 is 23.3 Å². The molecule has 2 aliphatic heterocycles. The van der Waals surface area contributed by atoms with E-state index in [4.69, 9.17) is 0 Å². The second-order valence-electron chi connectivity index (χ2n) is 6.44. The Morgan fingerprint density at radius 2 is 1.92 bits per heavy atom. The number of rotatable bonds is 2. The van der Waals surface area contributed by atoms with Gasteiger partial charge in [-0.1, -0.05) is 0 Å². The van der Waals surface area contributed by atoms with Crippen molar-refractivity contribution in [2.45, 2.75) is 25.4 Å². The SMILES string of the molecule is Cc1ccn(-c2ccc(F)cc2)c(=O)c1C(=O)N1C[C@@H]2C[C@H]1C(=O)N2. The van der Waals surface area contributed by atoms with Crippen LogP contribution in [0.15, 0.2) is 41.3 Å². The van der Waals surface area contributed by atoms with E-state index in [2.05, 4.69) is 5.32 Å². The van der Waals surface area contributed by atoms with E-state index in [0.29, 0.717) is 24.2 Å². The summed E-state index contributed by atoms with van der Waals surface area (Å²) in [5.41, 5.74) is 0.602. The zero-order chi connectivity index (χ0) is 17.7. The van der Waals surface area contributed by atoms with Crippen LogP contribution < -0.4 is 10.9 Å². The first kappa shape index (κ1) is 15.6. The molecule has 1 N–H and O–H groups in total. The lowest BCUT2D eigenvalue weighted by Crippen LogP contribution is -2.51. The number of likely N-dealkylation sites (tertiary alicyclic amines) is 1. The molecule has 1 aromatic carbocycles. The number of hydrogen-bond acceptors (Lipinski definition) is 3. The van der Waals surface area contributed by atoms with Gasteiger partial charge in [0.1, 0.15) is 17.4 Å². The molecule has 4 rings (SSSR count). The Morgan fingerprint density at radius 3 is 2.56 bits per heavy atom. The van der Waals surface area contributed by atoms with E-state index in [-0.39, 0.29) is 17.5 Å². The molecular formula is C18H16FN3O3. The minimum absolute atomic E-state index is 0.0372. The molecule has 2 bridgehead atoms. The Balaban J connectivity index is 1.76. The number of amides is 2. The normalized spacial score (nSPS) is 21.5. The van der Waals surface area contributed by atoms with Crippen molar-refractivity contribution < 1.29 is 14.0 Å². The molecule has 6 nitrogen and oxygen atoms in total. The van der Waals surface area contributed by atoms with E-state index in [1.54, 1.807) is 19.2 Å². The second kappa shape index (κ2) is 5.54. The molecule has 128 valence electrons. The van der Waals surface area contributed by atoms with E-state index in [9.17, 15) is 18.8 Å². The number of pyridine rings is 1. The van der Waals surface area contributed by atoms with Crippen LogP contribution >= 0.6 is 0 Å². The van der Waals surface area contributed by atoms with Gasteiger partial charge >= 0.3 is 0 Å². The standard InChI is InChI=1S/C18H16FN3O3/c1-10-6-7-21(13-4-2-11(19)3-5-13)17(24)15(10)18(25)22-9-12-8-14(22)16(23)20-12/h2-7,12,14H,8-9H2,1H3,(H,20,23)/t12-,14-/m0/s1. The molecular weight excluding hydrogens is 325 g/mol. The number of aromatic nitrogens is 1. The first-order chi connectivity index (χ1) is 12.0. The highest BCUT2D eigenvalue weighted by Gasteiger charge is 2.46. The van der Waals surface area contributed by atoms with Crippen LogP contribution in [0, 0.1) is 12.7 Å². The maximum atomic E-state index is 13.1. The van der Waals surface area contributed by atoms with Gasteiger partial charge in [-0.05, 0) is 49.2 Å². The summed E-state index contributed by atoms with van der Waals surface area (Å²) in [5, 5.41) is 2.81. The molecule has 0 radical (unpaired) electrons. The summed E-state index contributed by atoms with van der Waals surface area (Å²) in [5.74, 6) is -1.00. The van der Waals surface area contributed by atoms with Gasteiger partial charge in [-0.15, -0.1) is 0 Å². The molecule has 2 saturated heterocycles. The van der Waals surface area contributed by atoms with Crippen molar-refractivity contribution in [3.8, 4) is 5.69 Å². The number of piperazine rings is 1. The Labute approximate surface area is 142 Å². The second-order valence-corrected chi connectivity index (χ2v) is 6.44. The average molecular weight is 341 g/mol. The quantitative estimate of drug-likeness (QED) is 0.886. The first-order valence-electron chi connectivity index (χ1n) is 8.05. The Kier molecular flexibility index (Phi) is 3.45. The number of nitrogens with zero attached hydrogens (tertiary/aromatic N) is 2. The van der Waals surface area contributed by atoms with Crippen LogP contribution in [0.3, 0.4) is 0 Å². The number of hydrogen-bond donors (Lipinski definition) is 1. The minimum Gasteiger partial charge on any atom is -0.350 e.